The summed E-state index contributed by atoms with van der Waals surface area (Å²) in [4.78, 5) is 10.5. The lowest BCUT2D eigenvalue weighted by atomic mass is 10.2. The van der Waals surface area contributed by atoms with Crippen LogP contribution < -0.4 is 4.74 Å². The lowest BCUT2D eigenvalue weighted by molar-refractivity contribution is -0.116. The molecule has 0 saturated heterocycles. The molecule has 0 bridgehead atoms. The number of rotatable bonds is 8. The van der Waals surface area contributed by atoms with E-state index in [0.29, 0.717) is 6.61 Å². The van der Waals surface area contributed by atoms with Crippen LogP contribution in [0.2, 0.25) is 0 Å². The number of carbonyl (C=O) groups excluding carboxylic acids is 1. The molecular formula is C13H18O3. The lowest BCUT2D eigenvalue weighted by Gasteiger charge is -2.08. The summed E-state index contributed by atoms with van der Waals surface area (Å²) in [6.07, 6.45) is 3.21. The van der Waals surface area contributed by atoms with Crippen molar-refractivity contribution in [2.24, 2.45) is 0 Å². The fraction of sp³-hybridized carbons (Fsp3) is 0.462. The monoisotopic (exact) mass is 222 g/mol. The van der Waals surface area contributed by atoms with Gasteiger partial charge in [-0.05, 0) is 31.4 Å². The molecule has 3 nitrogen and oxygen atoms in total. The number of carbonyl (C=O) groups is 1. The van der Waals surface area contributed by atoms with Crippen molar-refractivity contribution in [2.45, 2.75) is 25.4 Å². The van der Waals surface area contributed by atoms with Crippen LogP contribution in [0.4, 0.5) is 0 Å². The maximum atomic E-state index is 10.5. The molecule has 0 amide bonds. The molecule has 3 heteroatoms. The van der Waals surface area contributed by atoms with Crippen molar-refractivity contribution in [3.63, 3.8) is 0 Å². The second kappa shape index (κ2) is 7.88. The Bertz CT molecular complexity index is 284. The van der Waals surface area contributed by atoms with Crippen molar-refractivity contribution in [1.29, 1.82) is 0 Å². The van der Waals surface area contributed by atoms with E-state index in [1.54, 1.807) is 7.11 Å². The predicted molar refractivity (Wildman–Crippen MR) is 62.6 cm³/mol. The van der Waals surface area contributed by atoms with Gasteiger partial charge in [-0.1, -0.05) is 18.2 Å². The van der Waals surface area contributed by atoms with Gasteiger partial charge in [0.1, 0.15) is 18.1 Å². The molecule has 0 aliphatic heterocycles. The van der Waals surface area contributed by atoms with E-state index in [2.05, 4.69) is 0 Å². The van der Waals surface area contributed by atoms with Crippen molar-refractivity contribution in [2.75, 3.05) is 13.7 Å². The maximum absolute atomic E-state index is 10.5. The average molecular weight is 222 g/mol. The summed E-state index contributed by atoms with van der Waals surface area (Å²) in [5, 5.41) is 0. The van der Waals surface area contributed by atoms with Gasteiger partial charge in [0.2, 0.25) is 0 Å². The van der Waals surface area contributed by atoms with E-state index in [1.165, 1.54) is 0 Å². The van der Waals surface area contributed by atoms with Crippen molar-refractivity contribution in [3.05, 3.63) is 30.3 Å². The first-order valence-electron chi connectivity index (χ1n) is 5.52. The third-order valence-corrected chi connectivity index (χ3v) is 2.35. The highest BCUT2D eigenvalue weighted by Gasteiger charge is 2.03. The molecule has 0 spiro atoms. The van der Waals surface area contributed by atoms with E-state index < -0.39 is 0 Å². The minimum Gasteiger partial charge on any atom is -0.494 e. The van der Waals surface area contributed by atoms with Gasteiger partial charge in [0.05, 0.1) is 6.61 Å². The number of hydrogen-bond acceptors (Lipinski definition) is 3. The Hall–Kier alpha value is -1.35. The molecule has 1 rings (SSSR count). The lowest BCUT2D eigenvalue weighted by Crippen LogP contribution is -2.12. The van der Waals surface area contributed by atoms with Gasteiger partial charge in [-0.2, -0.15) is 0 Å². The van der Waals surface area contributed by atoms with Crippen molar-refractivity contribution < 1.29 is 14.3 Å². The van der Waals surface area contributed by atoms with Crippen molar-refractivity contribution in [3.8, 4) is 5.75 Å². The number of hydrogen-bond donors (Lipinski definition) is 0. The van der Waals surface area contributed by atoms with E-state index in [9.17, 15) is 4.79 Å². The molecular weight excluding hydrogens is 204 g/mol. The molecule has 0 radical (unpaired) electrons. The quantitative estimate of drug-likeness (QED) is 0.500. The molecule has 0 aliphatic carbocycles. The van der Waals surface area contributed by atoms with Crippen LogP contribution >= 0.6 is 0 Å². The summed E-state index contributed by atoms with van der Waals surface area (Å²) >= 11 is 0. The zero-order chi connectivity index (χ0) is 11.6. The van der Waals surface area contributed by atoms with Gasteiger partial charge < -0.3 is 14.3 Å². The molecule has 0 aromatic heterocycles. The van der Waals surface area contributed by atoms with E-state index in [4.69, 9.17) is 9.47 Å². The van der Waals surface area contributed by atoms with Crippen LogP contribution in [0, 0.1) is 0 Å². The van der Waals surface area contributed by atoms with Gasteiger partial charge in [-0.25, -0.2) is 0 Å². The summed E-state index contributed by atoms with van der Waals surface area (Å²) in [6, 6.07) is 9.72. The van der Waals surface area contributed by atoms with Crippen molar-refractivity contribution >= 4 is 6.29 Å². The predicted octanol–water partition coefficient (Wildman–Crippen LogP) is 2.45. The molecule has 16 heavy (non-hydrogen) atoms. The Balaban J connectivity index is 2.06. The van der Waals surface area contributed by atoms with Gasteiger partial charge in [-0.3, -0.25) is 0 Å². The second-order valence-corrected chi connectivity index (χ2v) is 3.57. The Morgan fingerprint density at radius 2 is 2.00 bits per heavy atom. The molecule has 0 heterocycles. The summed E-state index contributed by atoms with van der Waals surface area (Å²) in [5.74, 6) is 0.890. The standard InChI is InChI=1S/C13H18O3/c1-15-13(11-14)9-5-6-10-16-12-7-3-2-4-8-12/h2-4,7-8,11,13H,5-6,9-10H2,1H3. The molecule has 1 aromatic rings. The average Bonchev–Trinajstić information content (AvgIpc) is 2.35. The molecule has 0 aliphatic rings. The largest absolute Gasteiger partial charge is 0.494 e. The van der Waals surface area contributed by atoms with E-state index in [0.717, 1.165) is 31.3 Å². The molecule has 1 aromatic carbocycles. The van der Waals surface area contributed by atoms with E-state index in [1.807, 2.05) is 30.3 Å². The third-order valence-electron chi connectivity index (χ3n) is 2.35. The second-order valence-electron chi connectivity index (χ2n) is 3.57. The molecule has 1 unspecified atom stereocenters. The highest BCUT2D eigenvalue weighted by atomic mass is 16.5. The SMILES string of the molecule is COC(C=O)CCCCOc1ccccc1. The highest BCUT2D eigenvalue weighted by molar-refractivity contribution is 5.55. The van der Waals surface area contributed by atoms with Crippen LogP contribution in [0.3, 0.4) is 0 Å². The summed E-state index contributed by atoms with van der Waals surface area (Å²) in [5.41, 5.74) is 0. The zero-order valence-corrected chi connectivity index (χ0v) is 9.59. The Kier molecular flexibility index (Phi) is 6.26. The summed E-state index contributed by atoms with van der Waals surface area (Å²) < 4.78 is 10.5. The topological polar surface area (TPSA) is 35.5 Å². The molecule has 0 saturated carbocycles. The number of para-hydroxylation sites is 1. The van der Waals surface area contributed by atoms with Crippen LogP contribution in [0.25, 0.3) is 0 Å². The minimum atomic E-state index is -0.267. The third kappa shape index (κ3) is 4.94. The Labute approximate surface area is 96.4 Å². The number of ether oxygens (including phenoxy) is 2. The van der Waals surface area contributed by atoms with Gasteiger partial charge in [-0.15, -0.1) is 0 Å². The molecule has 0 N–H and O–H groups in total. The van der Waals surface area contributed by atoms with Gasteiger partial charge in [0.15, 0.2) is 0 Å². The van der Waals surface area contributed by atoms with E-state index in [-0.39, 0.29) is 6.10 Å². The minimum absolute atomic E-state index is 0.267. The Morgan fingerprint density at radius 3 is 2.62 bits per heavy atom. The fourth-order valence-electron chi connectivity index (χ4n) is 1.40. The number of aldehydes is 1. The number of benzene rings is 1. The van der Waals surface area contributed by atoms with Gasteiger partial charge in [0, 0.05) is 7.11 Å². The van der Waals surface area contributed by atoms with Crippen LogP contribution in [-0.2, 0) is 9.53 Å². The van der Waals surface area contributed by atoms with Crippen LogP contribution in [-0.4, -0.2) is 26.1 Å². The van der Waals surface area contributed by atoms with Crippen LogP contribution in [0.5, 0.6) is 5.75 Å². The first-order chi connectivity index (χ1) is 7.86. The summed E-state index contributed by atoms with van der Waals surface area (Å²) in [7, 11) is 1.56. The highest BCUT2D eigenvalue weighted by Crippen LogP contribution is 2.09. The van der Waals surface area contributed by atoms with Gasteiger partial charge in [0.25, 0.3) is 0 Å². The zero-order valence-electron chi connectivity index (χ0n) is 9.59. The normalized spacial score (nSPS) is 12.1. The number of methoxy groups -OCH3 is 1. The van der Waals surface area contributed by atoms with Gasteiger partial charge >= 0.3 is 0 Å². The summed E-state index contributed by atoms with van der Waals surface area (Å²) in [6.45, 7) is 0.680. The molecule has 0 fully saturated rings. The van der Waals surface area contributed by atoms with Crippen LogP contribution in [0.1, 0.15) is 19.3 Å². The number of unbranched alkanes of at least 4 members (excludes halogenated alkanes) is 1. The van der Waals surface area contributed by atoms with E-state index >= 15 is 0 Å². The first kappa shape index (κ1) is 12.7. The first-order valence-corrected chi connectivity index (χ1v) is 5.52. The molecule has 88 valence electrons. The maximum Gasteiger partial charge on any atom is 0.148 e. The van der Waals surface area contributed by atoms with Crippen LogP contribution in [0.15, 0.2) is 30.3 Å². The molecule has 1 atom stereocenters. The fourth-order valence-corrected chi connectivity index (χ4v) is 1.40. The smallest absolute Gasteiger partial charge is 0.148 e. The van der Waals surface area contributed by atoms with Crippen molar-refractivity contribution in [1.82, 2.24) is 0 Å². The Morgan fingerprint density at radius 1 is 1.25 bits per heavy atom.